The molecular formula is C15H21N3S. The minimum absolute atomic E-state index is 0.703. The first-order valence-electron chi connectivity index (χ1n) is 6.68. The van der Waals surface area contributed by atoms with Crippen LogP contribution in [0.3, 0.4) is 0 Å². The molecule has 0 aliphatic carbocycles. The lowest BCUT2D eigenvalue weighted by Crippen LogP contribution is -2.18. The maximum Gasteiger partial charge on any atom is 0.0897 e. The van der Waals surface area contributed by atoms with Crippen molar-refractivity contribution < 1.29 is 0 Å². The highest BCUT2D eigenvalue weighted by molar-refractivity contribution is 7.09. The summed E-state index contributed by atoms with van der Waals surface area (Å²) in [6, 6.07) is 8.49. The van der Waals surface area contributed by atoms with Gasteiger partial charge in [0.15, 0.2) is 0 Å². The predicted octanol–water partition coefficient (Wildman–Crippen LogP) is 2.29. The Labute approximate surface area is 118 Å². The highest BCUT2D eigenvalue weighted by Gasteiger charge is 2.01. The van der Waals surface area contributed by atoms with Gasteiger partial charge in [-0.25, -0.2) is 4.98 Å². The van der Waals surface area contributed by atoms with Crippen molar-refractivity contribution in [2.24, 2.45) is 5.73 Å². The first kappa shape index (κ1) is 14.2. The van der Waals surface area contributed by atoms with Crippen LogP contribution in [0.1, 0.15) is 21.8 Å². The molecule has 0 bridgehead atoms. The van der Waals surface area contributed by atoms with E-state index in [0.717, 1.165) is 30.9 Å². The molecule has 3 nitrogen and oxygen atoms in total. The van der Waals surface area contributed by atoms with E-state index in [1.807, 2.05) is 6.92 Å². The summed E-state index contributed by atoms with van der Waals surface area (Å²) in [7, 11) is 0. The Balaban J connectivity index is 1.79. The molecule has 0 fully saturated rings. The molecule has 1 aromatic carbocycles. The first-order chi connectivity index (χ1) is 9.29. The van der Waals surface area contributed by atoms with E-state index >= 15 is 0 Å². The summed E-state index contributed by atoms with van der Waals surface area (Å²) < 4.78 is 0. The van der Waals surface area contributed by atoms with E-state index < -0.39 is 0 Å². The van der Waals surface area contributed by atoms with Gasteiger partial charge in [0.2, 0.25) is 0 Å². The molecule has 3 N–H and O–H groups in total. The second-order valence-electron chi connectivity index (χ2n) is 4.59. The fraction of sp³-hybridized carbons (Fsp3) is 0.400. The lowest BCUT2D eigenvalue weighted by atomic mass is 10.0. The summed E-state index contributed by atoms with van der Waals surface area (Å²) in [5, 5.41) is 6.76. The average Bonchev–Trinajstić information content (AvgIpc) is 2.83. The molecule has 2 rings (SSSR count). The van der Waals surface area contributed by atoms with Gasteiger partial charge in [0, 0.05) is 24.9 Å². The second kappa shape index (κ2) is 7.38. The van der Waals surface area contributed by atoms with Crippen molar-refractivity contribution in [3.8, 4) is 0 Å². The van der Waals surface area contributed by atoms with Crippen molar-refractivity contribution in [2.45, 2.75) is 26.3 Å². The largest absolute Gasteiger partial charge is 0.330 e. The highest BCUT2D eigenvalue weighted by Crippen LogP contribution is 2.10. The van der Waals surface area contributed by atoms with Crippen LogP contribution in [0.25, 0.3) is 0 Å². The Morgan fingerprint density at radius 1 is 1.21 bits per heavy atom. The molecule has 2 aromatic rings. The molecule has 0 amide bonds. The van der Waals surface area contributed by atoms with Crippen LogP contribution in [0.5, 0.6) is 0 Å². The van der Waals surface area contributed by atoms with Crippen LogP contribution in [0.2, 0.25) is 0 Å². The molecule has 0 unspecified atom stereocenters. The lowest BCUT2D eigenvalue weighted by Gasteiger charge is -2.09. The van der Waals surface area contributed by atoms with Crippen LogP contribution in [0, 0.1) is 6.92 Å². The van der Waals surface area contributed by atoms with Crippen molar-refractivity contribution in [1.82, 2.24) is 10.3 Å². The van der Waals surface area contributed by atoms with E-state index in [1.54, 1.807) is 11.3 Å². The first-order valence-corrected chi connectivity index (χ1v) is 7.56. The third-order valence-corrected chi connectivity index (χ3v) is 3.89. The molecule has 0 aliphatic rings. The Hall–Kier alpha value is -1.23. The van der Waals surface area contributed by atoms with E-state index in [9.17, 15) is 0 Å². The fourth-order valence-electron chi connectivity index (χ4n) is 2.09. The minimum Gasteiger partial charge on any atom is -0.330 e. The van der Waals surface area contributed by atoms with Gasteiger partial charge in [0.25, 0.3) is 0 Å². The predicted molar refractivity (Wildman–Crippen MR) is 81.5 cm³/mol. The molecule has 4 heteroatoms. The van der Waals surface area contributed by atoms with Crippen molar-refractivity contribution >= 4 is 11.3 Å². The number of rotatable bonds is 7. The quantitative estimate of drug-likeness (QED) is 0.762. The topological polar surface area (TPSA) is 50.9 Å². The smallest absolute Gasteiger partial charge is 0.0897 e. The Morgan fingerprint density at radius 3 is 2.68 bits per heavy atom. The van der Waals surface area contributed by atoms with Crippen LogP contribution in [0.4, 0.5) is 0 Å². The molecule has 1 heterocycles. The number of benzene rings is 1. The van der Waals surface area contributed by atoms with E-state index in [1.165, 1.54) is 16.8 Å². The van der Waals surface area contributed by atoms with Crippen molar-refractivity contribution in [1.29, 1.82) is 0 Å². The Kier molecular flexibility index (Phi) is 5.51. The van der Waals surface area contributed by atoms with E-state index in [2.05, 4.69) is 39.9 Å². The maximum atomic E-state index is 5.64. The molecule has 0 spiro atoms. The number of nitrogens with two attached hydrogens (primary N) is 1. The SMILES string of the molecule is Cc1nc(CCNCc2ccccc2CCN)cs1. The fourth-order valence-corrected chi connectivity index (χ4v) is 2.74. The molecule has 0 atom stereocenters. The van der Waals surface area contributed by atoms with Gasteiger partial charge in [-0.3, -0.25) is 0 Å². The third kappa shape index (κ3) is 4.42. The van der Waals surface area contributed by atoms with Crippen LogP contribution >= 0.6 is 11.3 Å². The molecule has 0 radical (unpaired) electrons. The van der Waals surface area contributed by atoms with Crippen molar-refractivity contribution in [3.05, 3.63) is 51.5 Å². The van der Waals surface area contributed by atoms with Gasteiger partial charge in [-0.15, -0.1) is 11.3 Å². The average molecular weight is 275 g/mol. The van der Waals surface area contributed by atoms with Gasteiger partial charge in [0.05, 0.1) is 10.7 Å². The lowest BCUT2D eigenvalue weighted by molar-refractivity contribution is 0.676. The number of nitrogens with one attached hydrogen (secondary N) is 1. The third-order valence-electron chi connectivity index (χ3n) is 3.07. The Bertz CT molecular complexity index is 508. The van der Waals surface area contributed by atoms with Gasteiger partial charge < -0.3 is 11.1 Å². The summed E-state index contributed by atoms with van der Waals surface area (Å²) in [5.74, 6) is 0. The zero-order valence-electron chi connectivity index (χ0n) is 11.4. The zero-order valence-corrected chi connectivity index (χ0v) is 12.2. The molecule has 0 aliphatic heterocycles. The van der Waals surface area contributed by atoms with Gasteiger partial charge in [-0.2, -0.15) is 0 Å². The normalized spacial score (nSPS) is 10.8. The molecule has 0 saturated heterocycles. The summed E-state index contributed by atoms with van der Waals surface area (Å²) >= 11 is 1.72. The summed E-state index contributed by atoms with van der Waals surface area (Å²) in [6.45, 7) is 4.61. The Morgan fingerprint density at radius 2 is 2.00 bits per heavy atom. The van der Waals surface area contributed by atoms with Crippen LogP contribution < -0.4 is 11.1 Å². The summed E-state index contributed by atoms with van der Waals surface area (Å²) in [4.78, 5) is 4.46. The molecular weight excluding hydrogens is 254 g/mol. The van der Waals surface area contributed by atoms with E-state index in [0.29, 0.717) is 6.54 Å². The van der Waals surface area contributed by atoms with Gasteiger partial charge in [0.1, 0.15) is 0 Å². The summed E-state index contributed by atoms with van der Waals surface area (Å²) in [5.41, 5.74) is 9.52. The number of hydrogen-bond donors (Lipinski definition) is 2. The number of hydrogen-bond acceptors (Lipinski definition) is 4. The minimum atomic E-state index is 0.703. The van der Waals surface area contributed by atoms with Crippen LogP contribution in [0.15, 0.2) is 29.6 Å². The highest BCUT2D eigenvalue weighted by atomic mass is 32.1. The molecule has 1 aromatic heterocycles. The van der Waals surface area contributed by atoms with Gasteiger partial charge >= 0.3 is 0 Å². The van der Waals surface area contributed by atoms with Crippen LogP contribution in [-0.4, -0.2) is 18.1 Å². The van der Waals surface area contributed by atoms with Gasteiger partial charge in [-0.1, -0.05) is 24.3 Å². The van der Waals surface area contributed by atoms with Crippen molar-refractivity contribution in [3.63, 3.8) is 0 Å². The number of aromatic nitrogens is 1. The monoisotopic (exact) mass is 275 g/mol. The van der Waals surface area contributed by atoms with Gasteiger partial charge in [-0.05, 0) is 31.0 Å². The zero-order chi connectivity index (χ0) is 13.5. The second-order valence-corrected chi connectivity index (χ2v) is 5.65. The number of nitrogens with zero attached hydrogens (tertiary/aromatic N) is 1. The molecule has 0 saturated carbocycles. The summed E-state index contributed by atoms with van der Waals surface area (Å²) in [6.07, 6.45) is 1.94. The molecule has 19 heavy (non-hydrogen) atoms. The van der Waals surface area contributed by atoms with Crippen molar-refractivity contribution in [2.75, 3.05) is 13.1 Å². The van der Waals surface area contributed by atoms with Crippen LogP contribution in [-0.2, 0) is 19.4 Å². The van der Waals surface area contributed by atoms with E-state index in [-0.39, 0.29) is 0 Å². The molecule has 102 valence electrons. The standard InChI is InChI=1S/C15H21N3S/c1-12-18-15(11-19-12)7-9-17-10-14-5-3-2-4-13(14)6-8-16/h2-5,11,17H,6-10,16H2,1H3. The number of thiazole rings is 1. The maximum absolute atomic E-state index is 5.64. The number of aryl methyl sites for hydroxylation is 1. The van der Waals surface area contributed by atoms with E-state index in [4.69, 9.17) is 5.73 Å².